The number of benzene rings is 1. The maximum absolute atomic E-state index is 13.4. The van der Waals surface area contributed by atoms with Gasteiger partial charge < -0.3 is 14.5 Å². The first-order chi connectivity index (χ1) is 16.6. The number of anilines is 3. The van der Waals surface area contributed by atoms with Gasteiger partial charge in [0.1, 0.15) is 5.76 Å². The average Bonchev–Trinajstić information content (AvgIpc) is 2.88. The number of fused-ring (bicyclic) bond motifs is 3. The molecule has 8 nitrogen and oxygen atoms in total. The van der Waals surface area contributed by atoms with E-state index in [9.17, 15) is 10.0 Å². The van der Waals surface area contributed by atoms with Gasteiger partial charge in [-0.1, -0.05) is 12.1 Å². The molecule has 3 aromatic rings. The van der Waals surface area contributed by atoms with Crippen LogP contribution in [0.25, 0.3) is 5.76 Å². The van der Waals surface area contributed by atoms with E-state index in [-0.39, 0.29) is 5.91 Å². The smallest absolute Gasteiger partial charge is 0.260 e. The van der Waals surface area contributed by atoms with Crippen molar-refractivity contribution in [2.24, 2.45) is 0 Å². The number of amides is 1. The van der Waals surface area contributed by atoms with Crippen molar-refractivity contribution >= 4 is 28.9 Å². The molecule has 4 heterocycles. The standard InChI is InChI=1S/C26H27N5O3/c1-3-30-17-21-20(26(32)29(2)23-9-6-12-27-25(23)30)15-18(16-28-21)11-14-34-24-10-13-31(33)22-8-5-4-7-19(22)24/h4-10,12,15-16,33H,3,11,13-14,17H2,1-2H3. The summed E-state index contributed by atoms with van der Waals surface area (Å²) < 4.78 is 6.06. The normalized spacial score (nSPS) is 15.1. The highest BCUT2D eigenvalue weighted by Gasteiger charge is 2.27. The summed E-state index contributed by atoms with van der Waals surface area (Å²) in [5.41, 5.74) is 4.65. The van der Waals surface area contributed by atoms with E-state index in [0.29, 0.717) is 31.7 Å². The number of para-hydroxylation sites is 1. The summed E-state index contributed by atoms with van der Waals surface area (Å²) in [6.45, 7) is 4.15. The predicted molar refractivity (Wildman–Crippen MR) is 131 cm³/mol. The molecule has 0 saturated carbocycles. The molecule has 0 aliphatic carbocycles. The summed E-state index contributed by atoms with van der Waals surface area (Å²) in [5.74, 6) is 1.44. The number of aromatic nitrogens is 2. The lowest BCUT2D eigenvalue weighted by Gasteiger charge is -2.31. The molecule has 34 heavy (non-hydrogen) atoms. The van der Waals surface area contributed by atoms with E-state index in [1.165, 1.54) is 5.06 Å². The van der Waals surface area contributed by atoms with Crippen molar-refractivity contribution in [3.05, 3.63) is 83.3 Å². The van der Waals surface area contributed by atoms with E-state index >= 15 is 0 Å². The van der Waals surface area contributed by atoms with Crippen LogP contribution in [0, 0.1) is 0 Å². The Kier molecular flexibility index (Phi) is 5.90. The van der Waals surface area contributed by atoms with E-state index in [2.05, 4.69) is 21.8 Å². The molecule has 8 heteroatoms. The van der Waals surface area contributed by atoms with Gasteiger partial charge in [0.25, 0.3) is 5.91 Å². The second-order valence-corrected chi connectivity index (χ2v) is 8.33. The third-order valence-corrected chi connectivity index (χ3v) is 6.26. The first kappa shape index (κ1) is 21.9. The van der Waals surface area contributed by atoms with Crippen LogP contribution in [0.3, 0.4) is 0 Å². The first-order valence-electron chi connectivity index (χ1n) is 11.4. The Morgan fingerprint density at radius 1 is 1.09 bits per heavy atom. The van der Waals surface area contributed by atoms with Crippen molar-refractivity contribution < 1.29 is 14.7 Å². The summed E-state index contributed by atoms with van der Waals surface area (Å²) >= 11 is 0. The quantitative estimate of drug-likeness (QED) is 0.622. The third-order valence-electron chi connectivity index (χ3n) is 6.26. The zero-order valence-corrected chi connectivity index (χ0v) is 19.3. The Labute approximate surface area is 198 Å². The molecule has 2 aliphatic rings. The molecule has 174 valence electrons. The molecule has 1 amide bonds. The Bertz CT molecular complexity index is 1260. The lowest BCUT2D eigenvalue weighted by molar-refractivity contribution is 0.0991. The number of hydrogen-bond acceptors (Lipinski definition) is 7. The molecule has 0 bridgehead atoms. The number of nitrogens with zero attached hydrogens (tertiary/aromatic N) is 5. The summed E-state index contributed by atoms with van der Waals surface area (Å²) in [4.78, 5) is 26.3. The summed E-state index contributed by atoms with van der Waals surface area (Å²) in [7, 11) is 1.78. The van der Waals surface area contributed by atoms with Crippen molar-refractivity contribution in [2.75, 3.05) is 41.6 Å². The minimum absolute atomic E-state index is 0.0952. The van der Waals surface area contributed by atoms with Crippen molar-refractivity contribution in [2.45, 2.75) is 19.9 Å². The second kappa shape index (κ2) is 9.15. The van der Waals surface area contributed by atoms with Crippen LogP contribution in [0.4, 0.5) is 17.2 Å². The Morgan fingerprint density at radius 3 is 2.76 bits per heavy atom. The van der Waals surface area contributed by atoms with Crippen molar-refractivity contribution in [1.82, 2.24) is 9.97 Å². The highest BCUT2D eigenvalue weighted by molar-refractivity contribution is 6.08. The van der Waals surface area contributed by atoms with Gasteiger partial charge in [0.05, 0.1) is 42.3 Å². The zero-order chi connectivity index (χ0) is 23.7. The number of ether oxygens (including phenoxy) is 1. The van der Waals surface area contributed by atoms with E-state index in [0.717, 1.165) is 46.3 Å². The molecule has 0 unspecified atom stereocenters. The third kappa shape index (κ3) is 3.97. The van der Waals surface area contributed by atoms with Gasteiger partial charge in [-0.05, 0) is 48.9 Å². The number of rotatable bonds is 5. The van der Waals surface area contributed by atoms with Crippen molar-refractivity contribution in [1.29, 1.82) is 0 Å². The van der Waals surface area contributed by atoms with Crippen LogP contribution in [0.15, 0.2) is 60.9 Å². The number of carbonyl (C=O) groups excluding carboxylic acids is 1. The number of hydroxylamine groups is 1. The monoisotopic (exact) mass is 457 g/mol. The maximum Gasteiger partial charge on any atom is 0.260 e. The zero-order valence-electron chi connectivity index (χ0n) is 19.3. The predicted octanol–water partition coefficient (Wildman–Crippen LogP) is 3.90. The van der Waals surface area contributed by atoms with Crippen LogP contribution in [0.2, 0.25) is 0 Å². The van der Waals surface area contributed by atoms with Gasteiger partial charge in [-0.25, -0.2) is 4.98 Å². The average molecular weight is 458 g/mol. The summed E-state index contributed by atoms with van der Waals surface area (Å²) in [6, 6.07) is 13.3. The fraction of sp³-hybridized carbons (Fsp3) is 0.269. The molecule has 0 atom stereocenters. The Morgan fingerprint density at radius 2 is 1.91 bits per heavy atom. The van der Waals surface area contributed by atoms with Crippen LogP contribution in [-0.4, -0.2) is 47.8 Å². The van der Waals surface area contributed by atoms with E-state index in [1.54, 1.807) is 18.1 Å². The fourth-order valence-electron chi connectivity index (χ4n) is 4.39. The molecule has 1 N–H and O–H groups in total. The van der Waals surface area contributed by atoms with Gasteiger partial charge in [-0.2, -0.15) is 0 Å². The second-order valence-electron chi connectivity index (χ2n) is 8.33. The molecule has 0 fully saturated rings. The van der Waals surface area contributed by atoms with Gasteiger partial charge in [0, 0.05) is 38.0 Å². The Hall–Kier alpha value is -3.91. The van der Waals surface area contributed by atoms with E-state index in [1.807, 2.05) is 54.7 Å². The van der Waals surface area contributed by atoms with Crippen LogP contribution >= 0.6 is 0 Å². The fourth-order valence-corrected chi connectivity index (χ4v) is 4.39. The van der Waals surface area contributed by atoms with Crippen molar-refractivity contribution in [3.63, 3.8) is 0 Å². The molecule has 0 radical (unpaired) electrons. The SMILES string of the molecule is CCN1Cc2ncc(CCOC3=CCN(O)c4ccccc43)cc2C(=O)N(C)c2cccnc21. The van der Waals surface area contributed by atoms with Crippen LogP contribution in [0.5, 0.6) is 0 Å². The van der Waals surface area contributed by atoms with Gasteiger partial charge in [-0.3, -0.25) is 20.0 Å². The maximum atomic E-state index is 13.4. The van der Waals surface area contributed by atoms with Crippen molar-refractivity contribution in [3.8, 4) is 0 Å². The van der Waals surface area contributed by atoms with E-state index < -0.39 is 0 Å². The largest absolute Gasteiger partial charge is 0.493 e. The summed E-state index contributed by atoms with van der Waals surface area (Å²) in [6.07, 6.45) is 6.04. The molecular weight excluding hydrogens is 430 g/mol. The number of pyridine rings is 2. The topological polar surface area (TPSA) is 82.0 Å². The van der Waals surface area contributed by atoms with Crippen LogP contribution < -0.4 is 14.9 Å². The number of hydrogen-bond donors (Lipinski definition) is 1. The molecular formula is C26H27N5O3. The van der Waals surface area contributed by atoms with Crippen LogP contribution in [0.1, 0.15) is 34.1 Å². The highest BCUT2D eigenvalue weighted by Crippen LogP contribution is 2.32. The lowest BCUT2D eigenvalue weighted by atomic mass is 10.1. The van der Waals surface area contributed by atoms with Gasteiger partial charge in [-0.15, -0.1) is 0 Å². The van der Waals surface area contributed by atoms with Gasteiger partial charge in [0.15, 0.2) is 5.82 Å². The van der Waals surface area contributed by atoms with E-state index in [4.69, 9.17) is 4.74 Å². The van der Waals surface area contributed by atoms with Gasteiger partial charge in [0.2, 0.25) is 0 Å². The molecule has 2 aliphatic heterocycles. The van der Waals surface area contributed by atoms with Gasteiger partial charge >= 0.3 is 0 Å². The number of carbonyl (C=O) groups is 1. The molecule has 5 rings (SSSR count). The highest BCUT2D eigenvalue weighted by atomic mass is 16.5. The first-order valence-corrected chi connectivity index (χ1v) is 11.4. The Balaban J connectivity index is 1.35. The molecule has 0 saturated heterocycles. The molecule has 1 aromatic carbocycles. The minimum Gasteiger partial charge on any atom is -0.493 e. The minimum atomic E-state index is -0.0952. The molecule has 2 aromatic heterocycles. The summed E-state index contributed by atoms with van der Waals surface area (Å²) in [5, 5.41) is 11.3. The molecule has 0 spiro atoms. The van der Waals surface area contributed by atoms with Crippen LogP contribution in [-0.2, 0) is 17.7 Å². The lowest BCUT2D eigenvalue weighted by Crippen LogP contribution is -2.35.